The van der Waals surface area contributed by atoms with Crippen molar-refractivity contribution in [2.75, 3.05) is 42.9 Å². The molecule has 28 heavy (non-hydrogen) atoms. The summed E-state index contributed by atoms with van der Waals surface area (Å²) >= 11 is 0. The van der Waals surface area contributed by atoms with Gasteiger partial charge in [-0.25, -0.2) is 9.97 Å². The molecule has 0 amide bonds. The molecule has 0 radical (unpaired) electrons. The maximum absolute atomic E-state index is 12.4. The molecule has 1 aromatic carbocycles. The first kappa shape index (κ1) is 17.1. The summed E-state index contributed by atoms with van der Waals surface area (Å²) in [5.74, 6) is 1.39. The zero-order valence-corrected chi connectivity index (χ0v) is 15.9. The topological polar surface area (TPSA) is 107 Å². The number of nitrogens with one attached hydrogen (secondary N) is 2. The number of nitrogens with zero attached hydrogens (tertiary/aromatic N) is 5. The van der Waals surface area contributed by atoms with Crippen LogP contribution in [-0.2, 0) is 10.0 Å². The number of anilines is 2. The van der Waals surface area contributed by atoms with Crippen LogP contribution in [0.1, 0.15) is 0 Å². The van der Waals surface area contributed by atoms with E-state index in [4.69, 9.17) is 0 Å². The molecule has 0 aliphatic carbocycles. The highest BCUT2D eigenvalue weighted by Crippen LogP contribution is 2.27. The quantitative estimate of drug-likeness (QED) is 0.686. The molecule has 0 spiro atoms. The number of para-hydroxylation sites is 1. The summed E-state index contributed by atoms with van der Waals surface area (Å²) in [5, 5.41) is 4.17. The van der Waals surface area contributed by atoms with Gasteiger partial charge >= 0.3 is 0 Å². The van der Waals surface area contributed by atoms with Gasteiger partial charge in [-0.15, -0.1) is 4.40 Å². The lowest BCUT2D eigenvalue weighted by Crippen LogP contribution is -2.49. The Labute approximate surface area is 162 Å². The molecule has 0 unspecified atom stereocenters. The van der Waals surface area contributed by atoms with E-state index < -0.39 is 10.0 Å². The van der Waals surface area contributed by atoms with E-state index in [0.29, 0.717) is 18.1 Å². The Kier molecular flexibility index (Phi) is 4.02. The van der Waals surface area contributed by atoms with E-state index in [9.17, 15) is 8.42 Å². The lowest BCUT2D eigenvalue weighted by Gasteiger charge is -2.36. The van der Waals surface area contributed by atoms with Crippen LogP contribution in [0.2, 0.25) is 0 Å². The van der Waals surface area contributed by atoms with Gasteiger partial charge in [0.2, 0.25) is 0 Å². The lowest BCUT2D eigenvalue weighted by atomic mass is 10.2. The van der Waals surface area contributed by atoms with E-state index >= 15 is 0 Å². The SMILES string of the molecule is O=S1(=O)N=C(CN2CCN(c3ncnc4[nH]ccc34)CC2)Nc2ccccc21. The second-order valence-electron chi connectivity index (χ2n) is 6.83. The van der Waals surface area contributed by atoms with E-state index in [1.54, 1.807) is 24.5 Å². The van der Waals surface area contributed by atoms with Crippen LogP contribution in [0, 0.1) is 0 Å². The van der Waals surface area contributed by atoms with Crippen LogP contribution < -0.4 is 10.2 Å². The second-order valence-corrected chi connectivity index (χ2v) is 8.41. The number of benzene rings is 1. The van der Waals surface area contributed by atoms with Crippen LogP contribution >= 0.6 is 0 Å². The van der Waals surface area contributed by atoms with E-state index in [1.165, 1.54) is 0 Å². The summed E-state index contributed by atoms with van der Waals surface area (Å²) in [7, 11) is -3.65. The largest absolute Gasteiger partial charge is 0.353 e. The highest BCUT2D eigenvalue weighted by atomic mass is 32.2. The lowest BCUT2D eigenvalue weighted by molar-refractivity contribution is 0.291. The standard InChI is InChI=1S/C18H19N7O2S/c26-28(27)15-4-2-1-3-14(15)22-16(23-28)11-24-7-9-25(10-8-24)18-13-5-6-19-17(13)20-12-21-18/h1-6,12H,7-11H2,(H,22,23)(H,19,20,21). The highest BCUT2D eigenvalue weighted by Gasteiger charge is 2.27. The van der Waals surface area contributed by atoms with Crippen molar-refractivity contribution in [1.29, 1.82) is 0 Å². The van der Waals surface area contributed by atoms with Gasteiger partial charge in [0, 0.05) is 32.4 Å². The molecular weight excluding hydrogens is 378 g/mol. The number of aromatic nitrogens is 3. The van der Waals surface area contributed by atoms with Crippen molar-refractivity contribution in [1.82, 2.24) is 19.9 Å². The van der Waals surface area contributed by atoms with Gasteiger partial charge in [0.15, 0.2) is 0 Å². The van der Waals surface area contributed by atoms with E-state index in [1.807, 2.05) is 18.3 Å². The van der Waals surface area contributed by atoms with Gasteiger partial charge in [0.05, 0.1) is 17.6 Å². The molecule has 2 aliphatic rings. The normalized spacial score (nSPS) is 19.1. The third-order valence-corrected chi connectivity index (χ3v) is 6.42. The number of fused-ring (bicyclic) bond motifs is 2. The van der Waals surface area contributed by atoms with Crippen molar-refractivity contribution in [3.8, 4) is 0 Å². The number of rotatable bonds is 3. The molecule has 0 atom stereocenters. The fourth-order valence-electron chi connectivity index (χ4n) is 3.68. The van der Waals surface area contributed by atoms with Gasteiger partial charge in [0.25, 0.3) is 10.0 Å². The number of piperazine rings is 1. The third-order valence-electron chi connectivity index (χ3n) is 5.05. The zero-order valence-electron chi connectivity index (χ0n) is 15.0. The predicted molar refractivity (Wildman–Crippen MR) is 107 cm³/mol. The Bertz CT molecular complexity index is 1160. The minimum absolute atomic E-state index is 0.225. The second kappa shape index (κ2) is 6.57. The number of aromatic amines is 1. The van der Waals surface area contributed by atoms with Crippen LogP contribution in [0.3, 0.4) is 0 Å². The van der Waals surface area contributed by atoms with Gasteiger partial charge in [-0.1, -0.05) is 12.1 Å². The number of hydrogen-bond donors (Lipinski definition) is 2. The van der Waals surface area contributed by atoms with Crippen LogP contribution in [0.15, 0.2) is 52.1 Å². The Morgan fingerprint density at radius 1 is 1.04 bits per heavy atom. The molecule has 2 aromatic heterocycles. The molecule has 0 bridgehead atoms. The third kappa shape index (κ3) is 3.00. The Hall–Kier alpha value is -2.98. The number of sulfonamides is 1. The van der Waals surface area contributed by atoms with Gasteiger partial charge in [-0.2, -0.15) is 8.42 Å². The van der Waals surface area contributed by atoms with Gasteiger partial charge in [0.1, 0.15) is 28.5 Å². The van der Waals surface area contributed by atoms with Crippen LogP contribution in [0.25, 0.3) is 11.0 Å². The molecule has 4 heterocycles. The molecule has 3 aromatic rings. The molecule has 0 saturated carbocycles. The molecule has 144 valence electrons. The van der Waals surface area contributed by atoms with E-state index in [2.05, 4.69) is 34.5 Å². The summed E-state index contributed by atoms with van der Waals surface area (Å²) in [6.07, 6.45) is 3.44. The molecule has 2 N–H and O–H groups in total. The smallest absolute Gasteiger partial charge is 0.286 e. The van der Waals surface area contributed by atoms with Gasteiger partial charge < -0.3 is 15.2 Å². The van der Waals surface area contributed by atoms with Crippen LogP contribution in [-0.4, -0.2) is 66.8 Å². The maximum Gasteiger partial charge on any atom is 0.286 e. The molecular formula is C18H19N7O2S. The number of H-pyrrole nitrogens is 1. The summed E-state index contributed by atoms with van der Waals surface area (Å²) in [4.78, 5) is 16.4. The monoisotopic (exact) mass is 397 g/mol. The molecule has 1 saturated heterocycles. The average Bonchev–Trinajstić information content (AvgIpc) is 3.17. The number of amidine groups is 1. The Morgan fingerprint density at radius 2 is 1.86 bits per heavy atom. The van der Waals surface area contributed by atoms with Crippen molar-refractivity contribution in [2.45, 2.75) is 4.90 Å². The van der Waals surface area contributed by atoms with Crippen molar-refractivity contribution in [3.05, 3.63) is 42.9 Å². The summed E-state index contributed by atoms with van der Waals surface area (Å²) in [6.45, 7) is 3.64. The molecule has 5 rings (SSSR count). The van der Waals surface area contributed by atoms with Crippen molar-refractivity contribution >= 4 is 38.4 Å². The fraction of sp³-hybridized carbons (Fsp3) is 0.278. The Balaban J connectivity index is 1.28. The van der Waals surface area contributed by atoms with Crippen LogP contribution in [0.5, 0.6) is 0 Å². The summed E-state index contributed by atoms with van der Waals surface area (Å²) in [6, 6.07) is 8.83. The predicted octanol–water partition coefficient (Wildman–Crippen LogP) is 1.29. The van der Waals surface area contributed by atoms with E-state index in [0.717, 1.165) is 43.0 Å². The highest BCUT2D eigenvalue weighted by molar-refractivity contribution is 7.90. The molecule has 9 nitrogen and oxygen atoms in total. The van der Waals surface area contributed by atoms with Crippen molar-refractivity contribution < 1.29 is 8.42 Å². The first-order valence-electron chi connectivity index (χ1n) is 9.05. The minimum Gasteiger partial charge on any atom is -0.353 e. The summed E-state index contributed by atoms with van der Waals surface area (Å²) < 4.78 is 28.7. The minimum atomic E-state index is -3.65. The Morgan fingerprint density at radius 3 is 2.71 bits per heavy atom. The van der Waals surface area contributed by atoms with Crippen molar-refractivity contribution in [2.24, 2.45) is 4.40 Å². The van der Waals surface area contributed by atoms with E-state index in [-0.39, 0.29) is 4.90 Å². The first-order valence-corrected chi connectivity index (χ1v) is 10.5. The summed E-state index contributed by atoms with van der Waals surface area (Å²) in [5.41, 5.74) is 1.42. The van der Waals surface area contributed by atoms with Crippen LogP contribution in [0.4, 0.5) is 11.5 Å². The maximum atomic E-state index is 12.4. The van der Waals surface area contributed by atoms with Gasteiger partial charge in [-0.3, -0.25) is 4.90 Å². The fourth-order valence-corrected chi connectivity index (χ4v) is 4.82. The molecule has 2 aliphatic heterocycles. The zero-order chi connectivity index (χ0) is 19.1. The average molecular weight is 397 g/mol. The van der Waals surface area contributed by atoms with Crippen molar-refractivity contribution in [3.63, 3.8) is 0 Å². The number of hydrogen-bond acceptors (Lipinski definition) is 7. The van der Waals surface area contributed by atoms with Gasteiger partial charge in [-0.05, 0) is 18.2 Å². The molecule has 1 fully saturated rings. The first-order chi connectivity index (χ1) is 13.6. The molecule has 10 heteroatoms.